The first kappa shape index (κ1) is 13.2. The highest BCUT2D eigenvalue weighted by atomic mass is 32.1. The number of aryl methyl sites for hydroxylation is 1. The van der Waals surface area contributed by atoms with E-state index in [1.54, 1.807) is 6.92 Å². The van der Waals surface area contributed by atoms with E-state index in [9.17, 15) is 9.59 Å². The Balaban J connectivity index is 2.50. The number of primary amides is 1. The number of nitrogens with one attached hydrogen (secondary N) is 2. The van der Waals surface area contributed by atoms with E-state index in [0.29, 0.717) is 23.9 Å². The molecule has 1 heterocycles. The predicted octanol–water partition coefficient (Wildman–Crippen LogP) is 0.318. The Hall–Kier alpha value is -1.83. The van der Waals surface area contributed by atoms with Crippen molar-refractivity contribution in [3.8, 4) is 0 Å². The Morgan fingerprint density at radius 3 is 2.76 bits per heavy atom. The van der Waals surface area contributed by atoms with Gasteiger partial charge in [-0.15, -0.1) is 11.3 Å². The molecule has 0 aliphatic rings. The molecule has 4 N–H and O–H groups in total. The van der Waals surface area contributed by atoms with Crippen LogP contribution in [0.3, 0.4) is 0 Å². The summed E-state index contributed by atoms with van der Waals surface area (Å²) >= 11 is 1.35. The number of hydrogen-bond donors (Lipinski definition) is 3. The molecule has 94 valence electrons. The fraction of sp³-hybridized carbons (Fsp3) is 0.444. The average molecular weight is 258 g/mol. The molecule has 0 unspecified atom stereocenters. The van der Waals surface area contributed by atoms with Crippen molar-refractivity contribution in [2.75, 3.05) is 25.5 Å². The van der Waals surface area contributed by atoms with E-state index >= 15 is 0 Å². The molecule has 0 fully saturated rings. The van der Waals surface area contributed by atoms with Crippen molar-refractivity contribution in [1.29, 1.82) is 0 Å². The van der Waals surface area contributed by atoms with Crippen LogP contribution in [0.25, 0.3) is 0 Å². The van der Waals surface area contributed by atoms with Crippen molar-refractivity contribution in [3.05, 3.63) is 10.6 Å². The van der Waals surface area contributed by atoms with E-state index in [1.807, 2.05) is 0 Å². The van der Waals surface area contributed by atoms with E-state index < -0.39 is 12.0 Å². The molecular weight excluding hydrogens is 244 g/mol. The number of thiazole rings is 1. The van der Waals surface area contributed by atoms with E-state index in [-0.39, 0.29) is 0 Å². The van der Waals surface area contributed by atoms with Crippen molar-refractivity contribution in [2.24, 2.45) is 5.73 Å². The Bertz CT molecular complexity index is 418. The zero-order valence-corrected chi connectivity index (χ0v) is 10.4. The van der Waals surface area contributed by atoms with Gasteiger partial charge in [-0.25, -0.2) is 14.6 Å². The molecule has 1 aromatic rings. The first-order valence-corrected chi connectivity index (χ1v) is 5.69. The number of esters is 1. The fourth-order valence-corrected chi connectivity index (χ4v) is 1.94. The number of nitrogens with two attached hydrogens (primary N) is 1. The van der Waals surface area contributed by atoms with Crippen LogP contribution in [0.1, 0.15) is 15.4 Å². The minimum Gasteiger partial charge on any atom is -0.464 e. The lowest BCUT2D eigenvalue weighted by Crippen LogP contribution is -2.33. The first-order valence-electron chi connectivity index (χ1n) is 4.87. The van der Waals surface area contributed by atoms with Crippen LogP contribution >= 0.6 is 11.3 Å². The molecule has 0 saturated carbocycles. The second-order valence-corrected chi connectivity index (χ2v) is 4.34. The summed E-state index contributed by atoms with van der Waals surface area (Å²) in [4.78, 5) is 26.6. The smallest absolute Gasteiger partial charge is 0.357 e. The highest BCUT2D eigenvalue weighted by Crippen LogP contribution is 2.22. The molecule has 0 aromatic carbocycles. The van der Waals surface area contributed by atoms with Gasteiger partial charge in [-0.3, -0.25) is 0 Å². The molecule has 2 amide bonds. The van der Waals surface area contributed by atoms with Crippen molar-refractivity contribution in [2.45, 2.75) is 6.92 Å². The number of ether oxygens (including phenoxy) is 1. The van der Waals surface area contributed by atoms with Gasteiger partial charge in [0.05, 0.1) is 7.11 Å². The van der Waals surface area contributed by atoms with Crippen LogP contribution in [0.5, 0.6) is 0 Å². The number of aromatic nitrogens is 1. The minimum atomic E-state index is -0.572. The number of amides is 2. The second kappa shape index (κ2) is 6.04. The molecule has 0 bridgehead atoms. The number of carbonyl (C=O) groups excluding carboxylic acids is 2. The summed E-state index contributed by atoms with van der Waals surface area (Å²) in [6.07, 6.45) is 0. The number of nitrogens with zero attached hydrogens (tertiary/aromatic N) is 1. The third-order valence-electron chi connectivity index (χ3n) is 1.88. The summed E-state index contributed by atoms with van der Waals surface area (Å²) in [6.45, 7) is 2.66. The van der Waals surface area contributed by atoms with Gasteiger partial charge in [-0.05, 0) is 6.92 Å². The Morgan fingerprint density at radius 1 is 1.47 bits per heavy atom. The molecular formula is C9H14N4O3S. The summed E-state index contributed by atoms with van der Waals surface area (Å²) in [7, 11) is 1.31. The molecule has 1 aromatic heterocycles. The van der Waals surface area contributed by atoms with Crippen LogP contribution < -0.4 is 16.4 Å². The van der Waals surface area contributed by atoms with Gasteiger partial charge in [0, 0.05) is 18.0 Å². The molecule has 0 aliphatic carbocycles. The van der Waals surface area contributed by atoms with E-state index in [0.717, 1.165) is 4.88 Å². The summed E-state index contributed by atoms with van der Waals surface area (Å²) < 4.78 is 4.59. The standard InChI is InChI=1S/C9H14N4O3S/c1-5-6(7(14)16-2)13-9(17-5)12-4-3-11-8(10)15/h3-4H2,1-2H3,(H,12,13)(H3,10,11,15). The lowest BCUT2D eigenvalue weighted by molar-refractivity contribution is 0.0594. The molecule has 8 heteroatoms. The SMILES string of the molecule is COC(=O)c1nc(NCCNC(N)=O)sc1C. The lowest BCUT2D eigenvalue weighted by Gasteiger charge is -2.02. The molecule has 0 radical (unpaired) electrons. The third kappa shape index (κ3) is 3.91. The van der Waals surface area contributed by atoms with E-state index in [2.05, 4.69) is 20.4 Å². The summed E-state index contributed by atoms with van der Waals surface area (Å²) in [5.74, 6) is -0.456. The first-order chi connectivity index (χ1) is 8.04. The number of anilines is 1. The van der Waals surface area contributed by atoms with Gasteiger partial charge in [0.2, 0.25) is 0 Å². The van der Waals surface area contributed by atoms with Crippen molar-refractivity contribution >= 4 is 28.5 Å². The van der Waals surface area contributed by atoms with E-state index in [4.69, 9.17) is 5.73 Å². The van der Waals surface area contributed by atoms with Crippen LogP contribution in [-0.4, -0.2) is 37.2 Å². The van der Waals surface area contributed by atoms with Crippen LogP contribution in [0.2, 0.25) is 0 Å². The zero-order valence-electron chi connectivity index (χ0n) is 9.57. The lowest BCUT2D eigenvalue weighted by atomic mass is 10.4. The van der Waals surface area contributed by atoms with Gasteiger partial charge in [0.25, 0.3) is 0 Å². The van der Waals surface area contributed by atoms with Gasteiger partial charge < -0.3 is 21.1 Å². The molecule has 0 saturated heterocycles. The molecule has 0 atom stereocenters. The maximum Gasteiger partial charge on any atom is 0.357 e. The van der Waals surface area contributed by atoms with Gasteiger partial charge in [0.1, 0.15) is 0 Å². The average Bonchev–Trinajstić information content (AvgIpc) is 2.65. The fourth-order valence-electron chi connectivity index (χ4n) is 1.11. The van der Waals surface area contributed by atoms with Crippen molar-refractivity contribution < 1.29 is 14.3 Å². The third-order valence-corrected chi connectivity index (χ3v) is 2.80. The van der Waals surface area contributed by atoms with Gasteiger partial charge in [-0.1, -0.05) is 0 Å². The normalized spacial score (nSPS) is 9.76. The summed E-state index contributed by atoms with van der Waals surface area (Å²) in [6, 6.07) is -0.572. The number of rotatable bonds is 5. The zero-order chi connectivity index (χ0) is 12.8. The van der Waals surface area contributed by atoms with Crippen molar-refractivity contribution in [3.63, 3.8) is 0 Å². The molecule has 17 heavy (non-hydrogen) atoms. The van der Waals surface area contributed by atoms with Gasteiger partial charge in [0.15, 0.2) is 10.8 Å². The van der Waals surface area contributed by atoms with Gasteiger partial charge in [-0.2, -0.15) is 0 Å². The topological polar surface area (TPSA) is 106 Å². The molecule has 1 rings (SSSR count). The van der Waals surface area contributed by atoms with Crippen LogP contribution in [0, 0.1) is 6.92 Å². The largest absolute Gasteiger partial charge is 0.464 e. The highest BCUT2D eigenvalue weighted by Gasteiger charge is 2.15. The quantitative estimate of drug-likeness (QED) is 0.521. The Morgan fingerprint density at radius 2 is 2.18 bits per heavy atom. The highest BCUT2D eigenvalue weighted by molar-refractivity contribution is 7.15. The maximum atomic E-state index is 11.3. The molecule has 0 aliphatic heterocycles. The Kier molecular flexibility index (Phi) is 4.70. The van der Waals surface area contributed by atoms with Crippen LogP contribution in [0.15, 0.2) is 0 Å². The molecule has 7 nitrogen and oxygen atoms in total. The molecule has 0 spiro atoms. The summed E-state index contributed by atoms with van der Waals surface area (Å²) in [5.41, 5.74) is 5.21. The number of hydrogen-bond acceptors (Lipinski definition) is 6. The number of urea groups is 1. The number of carbonyl (C=O) groups is 2. The Labute approximate surface area is 102 Å². The monoisotopic (exact) mass is 258 g/mol. The predicted molar refractivity (Wildman–Crippen MR) is 64.3 cm³/mol. The van der Waals surface area contributed by atoms with Crippen LogP contribution in [0.4, 0.5) is 9.93 Å². The van der Waals surface area contributed by atoms with Crippen molar-refractivity contribution in [1.82, 2.24) is 10.3 Å². The maximum absolute atomic E-state index is 11.3. The van der Waals surface area contributed by atoms with E-state index in [1.165, 1.54) is 18.4 Å². The van der Waals surface area contributed by atoms with Crippen LogP contribution in [-0.2, 0) is 4.74 Å². The second-order valence-electron chi connectivity index (χ2n) is 3.13. The number of methoxy groups -OCH3 is 1. The summed E-state index contributed by atoms with van der Waals surface area (Å²) in [5, 5.41) is 6.01. The van der Waals surface area contributed by atoms with Gasteiger partial charge >= 0.3 is 12.0 Å². The minimum absolute atomic E-state index is 0.308.